The van der Waals surface area contributed by atoms with E-state index < -0.39 is 12.0 Å². The summed E-state index contributed by atoms with van der Waals surface area (Å²) in [5.74, 6) is -2.69. The van der Waals surface area contributed by atoms with Crippen LogP contribution in [0.2, 0.25) is 0 Å². The second-order valence-electron chi connectivity index (χ2n) is 16.8. The minimum absolute atomic E-state index is 0. The summed E-state index contributed by atoms with van der Waals surface area (Å²) < 4.78 is 98.3. The molecule has 387 valence electrons. The first-order valence-corrected chi connectivity index (χ1v) is 23.6. The van der Waals surface area contributed by atoms with Gasteiger partial charge in [0.15, 0.2) is 0 Å². The van der Waals surface area contributed by atoms with Crippen LogP contribution in [-0.2, 0) is 26.3 Å². The van der Waals surface area contributed by atoms with Gasteiger partial charge in [0.2, 0.25) is 0 Å². The van der Waals surface area contributed by atoms with Gasteiger partial charge in [-0.1, -0.05) is 127 Å². The zero-order chi connectivity index (χ0) is 53.3. The zero-order valence-electron chi connectivity index (χ0n) is 40.5. The molecule has 0 aliphatic carbocycles. The molecule has 4 heterocycles. The fourth-order valence-electron chi connectivity index (χ4n) is 8.21. The summed E-state index contributed by atoms with van der Waals surface area (Å²) in [7, 11) is 0. The second kappa shape index (κ2) is 24.1. The van der Waals surface area contributed by atoms with Crippen molar-refractivity contribution in [1.29, 1.82) is 0 Å². The van der Waals surface area contributed by atoms with Crippen LogP contribution in [0.1, 0.15) is 5.82 Å². The van der Waals surface area contributed by atoms with Crippen molar-refractivity contribution >= 4 is 0 Å². The molecule has 0 spiro atoms. The maximum absolute atomic E-state index is 13.6. The Hall–Kier alpha value is -9.37. The van der Waals surface area contributed by atoms with Crippen LogP contribution in [0.3, 0.4) is 0 Å². The van der Waals surface area contributed by atoms with Crippen LogP contribution in [0.5, 0.6) is 0 Å². The van der Waals surface area contributed by atoms with Gasteiger partial charge in [-0.3, -0.25) is 28.0 Å². The maximum Gasteiger partial charge on any atom is 0.429 e. The molecule has 8 nitrogen and oxygen atoms in total. The molecular formula is C62H38F7IrN8-3. The molecule has 0 aliphatic heterocycles. The van der Waals surface area contributed by atoms with Crippen LogP contribution in [0.25, 0.3) is 79.3 Å². The smallest absolute Gasteiger partial charge is 0.413 e. The Morgan fingerprint density at radius 2 is 0.821 bits per heavy atom. The SMILES string of the molecule is FC(F)(F)c1n[n-]c(-c2ccccn2)n1.Fc1c[c-]c(-n2[c-][n+](-c3ccc(F)cc3)c(-c3ccccc3)c2-c2ccccc2)cc1.Fc1c[c-]c(-n2[c-][n+](-c3ccc(F)cc3)c(-c3ccccc3)c2-c2ccccc2)cc1.[Ir]. The Morgan fingerprint density at radius 1 is 0.436 bits per heavy atom. The van der Waals surface area contributed by atoms with E-state index in [1.807, 2.05) is 140 Å². The first kappa shape index (κ1) is 53.5. The van der Waals surface area contributed by atoms with Crippen LogP contribution < -0.4 is 14.2 Å². The minimum Gasteiger partial charge on any atom is -0.413 e. The van der Waals surface area contributed by atoms with Gasteiger partial charge >= 0.3 is 6.18 Å². The Labute approximate surface area is 457 Å². The third-order valence-electron chi connectivity index (χ3n) is 11.7. The van der Waals surface area contributed by atoms with E-state index in [-0.39, 0.29) is 54.9 Å². The predicted octanol–water partition coefficient (Wildman–Crippen LogP) is 13.4. The number of alkyl halides is 3. The summed E-state index contributed by atoms with van der Waals surface area (Å²) in [6, 6.07) is 71.9. The molecule has 4 aromatic heterocycles. The molecule has 8 aromatic carbocycles. The average Bonchev–Trinajstić information content (AvgIpc) is 4.43. The Balaban J connectivity index is 0.000000150. The molecule has 0 bridgehead atoms. The van der Waals surface area contributed by atoms with E-state index in [0.717, 1.165) is 56.4 Å². The number of halogens is 7. The van der Waals surface area contributed by atoms with Gasteiger partial charge in [-0.05, 0) is 100 Å². The van der Waals surface area contributed by atoms with Gasteiger partial charge in [0.1, 0.15) is 17.5 Å². The third-order valence-corrected chi connectivity index (χ3v) is 11.7. The van der Waals surface area contributed by atoms with Crippen LogP contribution in [0.4, 0.5) is 30.7 Å². The molecule has 12 aromatic rings. The number of nitrogens with zero attached hydrogens (tertiary/aromatic N) is 8. The van der Waals surface area contributed by atoms with E-state index in [2.05, 4.69) is 45.0 Å². The molecule has 16 heteroatoms. The summed E-state index contributed by atoms with van der Waals surface area (Å²) in [4.78, 5) is 7.05. The number of hydrogen-bond donors (Lipinski definition) is 0. The van der Waals surface area contributed by atoms with Gasteiger partial charge < -0.3 is 19.2 Å². The number of aromatic nitrogens is 8. The van der Waals surface area contributed by atoms with Crippen molar-refractivity contribution in [2.75, 3.05) is 0 Å². The summed E-state index contributed by atoms with van der Waals surface area (Å²) in [5, 5.41) is 6.25. The number of benzene rings is 8. The van der Waals surface area contributed by atoms with Gasteiger partial charge in [-0.25, -0.2) is 8.78 Å². The molecule has 0 amide bonds. The molecular weight excluding hydrogens is 1180 g/mol. The van der Waals surface area contributed by atoms with Crippen LogP contribution in [0, 0.1) is 48.1 Å². The van der Waals surface area contributed by atoms with Gasteiger partial charge in [0.05, 0.1) is 39.8 Å². The van der Waals surface area contributed by atoms with Crippen molar-refractivity contribution in [3.05, 3.63) is 285 Å². The third kappa shape index (κ3) is 12.2. The molecule has 0 saturated carbocycles. The van der Waals surface area contributed by atoms with Gasteiger partial charge in [0, 0.05) is 37.9 Å². The fraction of sp³-hybridized carbons (Fsp3) is 0.0161. The second-order valence-corrected chi connectivity index (χ2v) is 16.8. The summed E-state index contributed by atoms with van der Waals surface area (Å²) in [5.41, 5.74) is 10.5. The van der Waals surface area contributed by atoms with Gasteiger partial charge in [-0.2, -0.15) is 37.4 Å². The first-order valence-electron chi connectivity index (χ1n) is 23.6. The summed E-state index contributed by atoms with van der Waals surface area (Å²) in [6.45, 7) is 0. The molecule has 0 atom stereocenters. The van der Waals surface area contributed by atoms with Crippen molar-refractivity contribution < 1.29 is 60.0 Å². The monoisotopic (exact) mass is 1220 g/mol. The van der Waals surface area contributed by atoms with Gasteiger partial charge in [-0.15, -0.1) is 24.3 Å². The molecule has 0 fully saturated rings. The number of hydrogen-bond acceptors (Lipinski definition) is 3. The zero-order valence-corrected chi connectivity index (χ0v) is 42.9. The van der Waals surface area contributed by atoms with E-state index in [9.17, 15) is 30.7 Å². The van der Waals surface area contributed by atoms with E-state index >= 15 is 0 Å². The maximum atomic E-state index is 13.6. The average molecular weight is 1220 g/mol. The molecule has 0 aliphatic rings. The minimum atomic E-state index is -4.57. The number of pyridine rings is 1. The predicted molar refractivity (Wildman–Crippen MR) is 275 cm³/mol. The van der Waals surface area contributed by atoms with E-state index in [1.165, 1.54) is 60.8 Å². The van der Waals surface area contributed by atoms with Crippen molar-refractivity contribution in [1.82, 2.24) is 29.3 Å². The van der Waals surface area contributed by atoms with Crippen molar-refractivity contribution in [2.45, 2.75) is 6.18 Å². The van der Waals surface area contributed by atoms with E-state index in [4.69, 9.17) is 0 Å². The van der Waals surface area contributed by atoms with Crippen LogP contribution in [0.15, 0.2) is 231 Å². The normalized spacial score (nSPS) is 10.9. The van der Waals surface area contributed by atoms with Crippen LogP contribution >= 0.6 is 0 Å². The summed E-state index contributed by atoms with van der Waals surface area (Å²) >= 11 is 0. The van der Waals surface area contributed by atoms with Crippen molar-refractivity contribution in [2.24, 2.45) is 0 Å². The Morgan fingerprint density at radius 3 is 1.17 bits per heavy atom. The molecule has 0 saturated heterocycles. The molecule has 1 radical (unpaired) electrons. The standard InChI is InChI=1S/2C27H17F2N2.C8H4F3N4.Ir/c2*28-22-11-15-24(16-12-22)30-19-31(25-17-13-23(29)14-18-25)27(21-9-5-2-6-10-21)26(30)20-7-3-1-4-8-20;9-8(10,11)7-13-6(14-15-7)5-3-1-2-4-12-5;/h2*1-17H;1-4H;/q3*-1;. The summed E-state index contributed by atoms with van der Waals surface area (Å²) in [6.07, 6.45) is 3.63. The molecule has 0 unspecified atom stereocenters. The van der Waals surface area contributed by atoms with E-state index in [1.54, 1.807) is 48.5 Å². The Bertz CT molecular complexity index is 3420. The number of rotatable bonds is 9. The van der Waals surface area contributed by atoms with Gasteiger partial charge in [0.25, 0.3) is 12.7 Å². The number of imidazole rings is 2. The molecule has 0 N–H and O–H groups in total. The van der Waals surface area contributed by atoms with Crippen molar-refractivity contribution in [3.8, 4) is 79.3 Å². The first-order chi connectivity index (χ1) is 37.5. The quantitative estimate of drug-likeness (QED) is 0.0820. The van der Waals surface area contributed by atoms with Crippen LogP contribution in [-0.4, -0.2) is 24.2 Å². The molecule has 78 heavy (non-hydrogen) atoms. The topological polar surface area (TPSA) is 70.4 Å². The van der Waals surface area contributed by atoms with Crippen molar-refractivity contribution in [3.63, 3.8) is 0 Å². The Kier molecular flexibility index (Phi) is 16.5. The largest absolute Gasteiger partial charge is 0.429 e. The fourth-order valence-corrected chi connectivity index (χ4v) is 8.21. The van der Waals surface area contributed by atoms with E-state index in [0.29, 0.717) is 11.4 Å². The molecule has 12 rings (SSSR count).